The van der Waals surface area contributed by atoms with Crippen LogP contribution in [-0.2, 0) is 28.1 Å². The second kappa shape index (κ2) is 8.78. The summed E-state index contributed by atoms with van der Waals surface area (Å²) in [6, 6.07) is 27.9. The van der Waals surface area contributed by atoms with Gasteiger partial charge in [0.05, 0.1) is 22.3 Å². The fraction of sp³-hybridized carbons (Fsp3) is 0.0385. The van der Waals surface area contributed by atoms with Gasteiger partial charge in [-0.1, -0.05) is 48.0 Å². The Labute approximate surface area is 200 Å². The third-order valence-corrected chi connectivity index (χ3v) is 5.27. The molecule has 0 aliphatic heterocycles. The van der Waals surface area contributed by atoms with Gasteiger partial charge in [-0.2, -0.15) is 4.98 Å². The summed E-state index contributed by atoms with van der Waals surface area (Å²) in [6.07, 6.45) is 0. The fourth-order valence-electron chi connectivity index (χ4n) is 3.75. The number of rotatable bonds is 3. The minimum Gasteiger partial charge on any atom is -0.507 e. The first kappa shape index (κ1) is 21.5. The van der Waals surface area contributed by atoms with E-state index < -0.39 is 0 Å². The van der Waals surface area contributed by atoms with Gasteiger partial charge in [0.1, 0.15) is 11.6 Å². The van der Waals surface area contributed by atoms with Crippen LogP contribution in [0.4, 0.5) is 5.82 Å². The van der Waals surface area contributed by atoms with Gasteiger partial charge in [0.15, 0.2) is 0 Å². The number of pyridine rings is 1. The monoisotopic (exact) mass is 596 g/mol. The molecule has 0 atom stereocenters. The SMILES string of the molecule is [C-]#[N+]c1cccc(-c2[c-]c(-c3cccc4c3nc(-c3ccccc3O)n4C)ccc2)n1.[Pt]. The number of hydrogen-bond donors (Lipinski definition) is 1. The van der Waals surface area contributed by atoms with Crippen molar-refractivity contribution in [2.75, 3.05) is 0 Å². The van der Waals surface area contributed by atoms with Gasteiger partial charge in [0.2, 0.25) is 0 Å². The number of aryl methyl sites for hydroxylation is 1. The number of aromatic hydroxyl groups is 1. The van der Waals surface area contributed by atoms with E-state index >= 15 is 0 Å². The molecule has 5 nitrogen and oxygen atoms in total. The van der Waals surface area contributed by atoms with E-state index in [1.54, 1.807) is 18.2 Å². The van der Waals surface area contributed by atoms with Crippen molar-refractivity contribution in [1.82, 2.24) is 14.5 Å². The smallest absolute Gasteiger partial charge is 0.262 e. The molecule has 2 heterocycles. The second-order valence-electron chi connectivity index (χ2n) is 7.16. The molecule has 2 aromatic heterocycles. The molecule has 0 bridgehead atoms. The molecule has 158 valence electrons. The third-order valence-electron chi connectivity index (χ3n) is 5.27. The summed E-state index contributed by atoms with van der Waals surface area (Å²) >= 11 is 0. The van der Waals surface area contributed by atoms with Crippen molar-refractivity contribution in [2.24, 2.45) is 7.05 Å². The summed E-state index contributed by atoms with van der Waals surface area (Å²) in [6.45, 7) is 7.20. The van der Waals surface area contributed by atoms with Gasteiger partial charge >= 0.3 is 0 Å². The Balaban J connectivity index is 0.00000245. The van der Waals surface area contributed by atoms with Crippen molar-refractivity contribution in [3.05, 3.63) is 96.3 Å². The molecule has 5 aromatic rings. The number of fused-ring (bicyclic) bond motifs is 1. The topological polar surface area (TPSA) is 55.3 Å². The largest absolute Gasteiger partial charge is 0.507 e. The summed E-state index contributed by atoms with van der Waals surface area (Å²) in [5.74, 6) is 1.25. The van der Waals surface area contributed by atoms with E-state index in [-0.39, 0.29) is 26.8 Å². The number of para-hydroxylation sites is 2. The van der Waals surface area contributed by atoms with Gasteiger partial charge in [-0.25, -0.2) is 4.98 Å². The zero-order valence-electron chi connectivity index (χ0n) is 17.1. The van der Waals surface area contributed by atoms with Gasteiger partial charge in [0.25, 0.3) is 5.82 Å². The number of aromatic nitrogens is 3. The van der Waals surface area contributed by atoms with Crippen LogP contribution < -0.4 is 0 Å². The van der Waals surface area contributed by atoms with E-state index in [2.05, 4.69) is 15.9 Å². The van der Waals surface area contributed by atoms with Crippen LogP contribution in [0.3, 0.4) is 0 Å². The average Bonchev–Trinajstić information content (AvgIpc) is 3.16. The molecule has 0 amide bonds. The first-order valence-electron chi connectivity index (χ1n) is 9.77. The minimum absolute atomic E-state index is 0. The predicted molar refractivity (Wildman–Crippen MR) is 122 cm³/mol. The van der Waals surface area contributed by atoms with Crippen LogP contribution in [-0.4, -0.2) is 19.6 Å². The summed E-state index contributed by atoms with van der Waals surface area (Å²) in [5.41, 5.74) is 5.83. The summed E-state index contributed by atoms with van der Waals surface area (Å²) in [7, 11) is 1.95. The zero-order valence-corrected chi connectivity index (χ0v) is 19.3. The average molecular weight is 597 g/mol. The van der Waals surface area contributed by atoms with Crippen LogP contribution in [0.25, 0.3) is 49.7 Å². The molecule has 0 saturated carbocycles. The van der Waals surface area contributed by atoms with Crippen molar-refractivity contribution in [3.63, 3.8) is 0 Å². The zero-order chi connectivity index (χ0) is 21.4. The molecule has 32 heavy (non-hydrogen) atoms. The fourth-order valence-corrected chi connectivity index (χ4v) is 3.75. The van der Waals surface area contributed by atoms with E-state index in [4.69, 9.17) is 11.6 Å². The maximum Gasteiger partial charge on any atom is 0.262 e. The molecular formula is C26H17N4OPt-. The summed E-state index contributed by atoms with van der Waals surface area (Å²) < 4.78 is 1.98. The van der Waals surface area contributed by atoms with Gasteiger partial charge in [-0.15, -0.1) is 29.8 Å². The van der Waals surface area contributed by atoms with Gasteiger partial charge < -0.3 is 14.5 Å². The Kier molecular flexibility index (Phi) is 5.90. The Bertz CT molecular complexity index is 1480. The molecule has 0 spiro atoms. The number of imidazole rings is 1. The maximum absolute atomic E-state index is 10.3. The van der Waals surface area contributed by atoms with E-state index in [1.807, 2.05) is 72.3 Å². The summed E-state index contributed by atoms with van der Waals surface area (Å²) in [4.78, 5) is 12.7. The third kappa shape index (κ3) is 3.70. The molecule has 0 radical (unpaired) electrons. The molecule has 0 fully saturated rings. The number of phenolic OH excluding ortho intramolecular Hbond substituents is 1. The van der Waals surface area contributed by atoms with Crippen molar-refractivity contribution in [1.29, 1.82) is 0 Å². The summed E-state index contributed by atoms with van der Waals surface area (Å²) in [5, 5.41) is 10.3. The minimum atomic E-state index is 0. The van der Waals surface area contributed by atoms with E-state index in [0.29, 0.717) is 22.9 Å². The van der Waals surface area contributed by atoms with Crippen LogP contribution in [0.15, 0.2) is 78.9 Å². The van der Waals surface area contributed by atoms with E-state index in [9.17, 15) is 5.11 Å². The molecule has 1 N–H and O–H groups in total. The second-order valence-corrected chi connectivity index (χ2v) is 7.16. The molecule has 5 rings (SSSR count). The van der Waals surface area contributed by atoms with E-state index in [1.165, 1.54) is 0 Å². The van der Waals surface area contributed by atoms with Crippen LogP contribution in [0.2, 0.25) is 0 Å². The quantitative estimate of drug-likeness (QED) is 0.259. The molecule has 3 aromatic carbocycles. The Morgan fingerprint density at radius 3 is 2.38 bits per heavy atom. The Morgan fingerprint density at radius 2 is 1.56 bits per heavy atom. The van der Waals surface area contributed by atoms with Crippen molar-refractivity contribution >= 4 is 16.9 Å². The first-order valence-corrected chi connectivity index (χ1v) is 9.77. The van der Waals surface area contributed by atoms with Crippen molar-refractivity contribution in [2.45, 2.75) is 0 Å². The van der Waals surface area contributed by atoms with Crippen LogP contribution in [0.1, 0.15) is 0 Å². The first-order chi connectivity index (χ1) is 15.2. The molecule has 0 saturated heterocycles. The number of phenols is 1. The predicted octanol–water partition coefficient (Wildman–Crippen LogP) is 6.02. The molecular weight excluding hydrogens is 579 g/mol. The number of nitrogens with zero attached hydrogens (tertiary/aromatic N) is 4. The van der Waals surface area contributed by atoms with E-state index in [0.717, 1.165) is 27.7 Å². The Morgan fingerprint density at radius 1 is 0.844 bits per heavy atom. The normalized spacial score (nSPS) is 10.5. The molecule has 0 aliphatic rings. The van der Waals surface area contributed by atoms with Gasteiger partial charge in [0, 0.05) is 28.1 Å². The van der Waals surface area contributed by atoms with Crippen molar-refractivity contribution < 1.29 is 26.2 Å². The molecule has 6 heteroatoms. The van der Waals surface area contributed by atoms with Gasteiger partial charge in [-0.05, 0) is 30.3 Å². The Hall–Kier alpha value is -3.74. The molecule has 0 unspecified atom stereocenters. The van der Waals surface area contributed by atoms with Crippen LogP contribution >= 0.6 is 0 Å². The number of benzene rings is 3. The van der Waals surface area contributed by atoms with Crippen molar-refractivity contribution in [3.8, 4) is 39.5 Å². The maximum atomic E-state index is 10.3. The number of hydrogen-bond acceptors (Lipinski definition) is 3. The van der Waals surface area contributed by atoms with Gasteiger partial charge in [-0.3, -0.25) is 0 Å². The van der Waals surface area contributed by atoms with Crippen LogP contribution in [0.5, 0.6) is 5.75 Å². The molecule has 0 aliphatic carbocycles. The van der Waals surface area contributed by atoms with Crippen LogP contribution in [0, 0.1) is 12.6 Å². The standard InChI is InChI=1S/C26H17N4O.Pt/c1-27-24-15-7-12-21(28-24)18-9-5-8-17(16-18)19-11-6-13-22-25(19)29-26(30(22)2)20-10-3-4-14-23(20)31;/h3-15,31H,2H3;/q-1;.